The van der Waals surface area contributed by atoms with E-state index in [0.29, 0.717) is 6.04 Å². The SMILES string of the molecule is Cc1nn(C)c2ncc(C=NO)c(NC3CC3)c12. The third-order valence-electron chi connectivity index (χ3n) is 3.18. The predicted molar refractivity (Wildman–Crippen MR) is 69.3 cm³/mol. The van der Waals surface area contributed by atoms with Crippen molar-refractivity contribution in [1.29, 1.82) is 0 Å². The van der Waals surface area contributed by atoms with Gasteiger partial charge in [-0.05, 0) is 19.8 Å². The van der Waals surface area contributed by atoms with Gasteiger partial charge in [-0.25, -0.2) is 4.98 Å². The van der Waals surface area contributed by atoms with Gasteiger partial charge in [0.2, 0.25) is 0 Å². The maximum absolute atomic E-state index is 8.73. The Labute approximate surface area is 104 Å². The molecule has 3 rings (SSSR count). The Kier molecular flexibility index (Phi) is 2.43. The number of oxime groups is 1. The Morgan fingerprint density at radius 2 is 2.33 bits per heavy atom. The number of anilines is 1. The van der Waals surface area contributed by atoms with Crippen LogP contribution in [0.3, 0.4) is 0 Å². The summed E-state index contributed by atoms with van der Waals surface area (Å²) in [6.07, 6.45) is 5.47. The fourth-order valence-corrected chi connectivity index (χ4v) is 2.17. The molecule has 6 heteroatoms. The van der Waals surface area contributed by atoms with Gasteiger partial charge >= 0.3 is 0 Å². The smallest absolute Gasteiger partial charge is 0.159 e. The summed E-state index contributed by atoms with van der Waals surface area (Å²) in [5, 5.41) is 20.7. The van der Waals surface area contributed by atoms with E-state index in [1.165, 1.54) is 19.1 Å². The van der Waals surface area contributed by atoms with Crippen LogP contribution in [0.2, 0.25) is 0 Å². The molecule has 0 spiro atoms. The van der Waals surface area contributed by atoms with Crippen LogP contribution in [0.25, 0.3) is 11.0 Å². The number of aromatic nitrogens is 3. The number of nitrogens with zero attached hydrogens (tertiary/aromatic N) is 4. The third kappa shape index (κ3) is 1.70. The molecule has 1 aliphatic rings. The lowest BCUT2D eigenvalue weighted by Crippen LogP contribution is -2.06. The topological polar surface area (TPSA) is 75.3 Å². The molecule has 0 bridgehead atoms. The van der Waals surface area contributed by atoms with E-state index >= 15 is 0 Å². The second-order valence-corrected chi connectivity index (χ2v) is 4.66. The van der Waals surface area contributed by atoms with Gasteiger partial charge in [0.15, 0.2) is 5.65 Å². The minimum absolute atomic E-state index is 0.515. The van der Waals surface area contributed by atoms with Crippen LogP contribution in [0.1, 0.15) is 24.1 Å². The number of pyridine rings is 1. The minimum Gasteiger partial charge on any atom is -0.411 e. The Hall–Kier alpha value is -2.11. The van der Waals surface area contributed by atoms with E-state index in [9.17, 15) is 0 Å². The molecule has 1 saturated carbocycles. The summed E-state index contributed by atoms with van der Waals surface area (Å²) < 4.78 is 1.77. The summed E-state index contributed by atoms with van der Waals surface area (Å²) in [6.45, 7) is 1.96. The van der Waals surface area contributed by atoms with Crippen LogP contribution >= 0.6 is 0 Å². The first-order chi connectivity index (χ1) is 8.70. The summed E-state index contributed by atoms with van der Waals surface area (Å²) in [5.41, 5.74) is 3.51. The maximum Gasteiger partial charge on any atom is 0.159 e. The lowest BCUT2D eigenvalue weighted by atomic mass is 10.1. The van der Waals surface area contributed by atoms with Crippen molar-refractivity contribution >= 4 is 22.9 Å². The zero-order chi connectivity index (χ0) is 12.7. The number of hydrogen-bond acceptors (Lipinski definition) is 5. The monoisotopic (exact) mass is 245 g/mol. The fourth-order valence-electron chi connectivity index (χ4n) is 2.17. The second kappa shape index (κ2) is 3.97. The van der Waals surface area contributed by atoms with Crippen molar-refractivity contribution in [2.24, 2.45) is 12.2 Å². The van der Waals surface area contributed by atoms with E-state index in [0.717, 1.165) is 28.0 Å². The summed E-state index contributed by atoms with van der Waals surface area (Å²) in [6, 6.07) is 0.515. The molecule has 0 radical (unpaired) electrons. The molecule has 2 N–H and O–H groups in total. The van der Waals surface area contributed by atoms with Crippen LogP contribution in [0.5, 0.6) is 0 Å². The quantitative estimate of drug-likeness (QED) is 0.490. The van der Waals surface area contributed by atoms with Crippen LogP contribution in [0.4, 0.5) is 5.69 Å². The van der Waals surface area contributed by atoms with E-state index in [2.05, 4.69) is 20.6 Å². The van der Waals surface area contributed by atoms with Gasteiger partial charge in [0.1, 0.15) is 0 Å². The van der Waals surface area contributed by atoms with Crippen LogP contribution in [-0.4, -0.2) is 32.2 Å². The van der Waals surface area contributed by atoms with E-state index in [-0.39, 0.29) is 0 Å². The molecule has 1 fully saturated rings. The average molecular weight is 245 g/mol. The molecule has 0 atom stereocenters. The molecule has 1 aliphatic carbocycles. The standard InChI is InChI=1S/C12H15N5O/c1-7-10-11(15-9-3-4-9)8(6-14-18)5-13-12(10)17(2)16-7/h5-6,9,18H,3-4H2,1-2H3,(H,13,15). The van der Waals surface area contributed by atoms with Crippen molar-refractivity contribution in [1.82, 2.24) is 14.8 Å². The predicted octanol–water partition coefficient (Wildman–Crippen LogP) is 1.66. The first kappa shape index (κ1) is 11.0. The molecule has 0 aromatic carbocycles. The van der Waals surface area contributed by atoms with Crippen molar-refractivity contribution in [2.75, 3.05) is 5.32 Å². The number of nitrogens with one attached hydrogen (secondary N) is 1. The van der Waals surface area contributed by atoms with Crippen molar-refractivity contribution in [2.45, 2.75) is 25.8 Å². The molecular formula is C12H15N5O. The average Bonchev–Trinajstić information content (AvgIpc) is 3.09. The molecule has 0 aliphatic heterocycles. The molecule has 0 saturated heterocycles. The fraction of sp³-hybridized carbons (Fsp3) is 0.417. The summed E-state index contributed by atoms with van der Waals surface area (Å²) in [7, 11) is 1.88. The highest BCUT2D eigenvalue weighted by molar-refractivity contribution is 6.01. The molecule has 2 aromatic heterocycles. The minimum atomic E-state index is 0.515. The second-order valence-electron chi connectivity index (χ2n) is 4.66. The molecule has 94 valence electrons. The van der Waals surface area contributed by atoms with Gasteiger partial charge in [0.25, 0.3) is 0 Å². The van der Waals surface area contributed by atoms with Gasteiger partial charge in [-0.1, -0.05) is 5.16 Å². The van der Waals surface area contributed by atoms with Gasteiger partial charge in [-0.2, -0.15) is 5.10 Å². The zero-order valence-electron chi connectivity index (χ0n) is 10.4. The normalized spacial score (nSPS) is 15.7. The Morgan fingerprint density at radius 3 is 3.00 bits per heavy atom. The van der Waals surface area contributed by atoms with Gasteiger partial charge in [0, 0.05) is 24.8 Å². The van der Waals surface area contributed by atoms with Crippen LogP contribution in [0.15, 0.2) is 11.4 Å². The van der Waals surface area contributed by atoms with E-state index in [1.807, 2.05) is 14.0 Å². The summed E-state index contributed by atoms with van der Waals surface area (Å²) >= 11 is 0. The van der Waals surface area contributed by atoms with Crippen molar-refractivity contribution in [3.05, 3.63) is 17.5 Å². The highest BCUT2D eigenvalue weighted by Gasteiger charge is 2.24. The molecule has 0 amide bonds. The number of aryl methyl sites for hydroxylation is 2. The van der Waals surface area contributed by atoms with E-state index in [4.69, 9.17) is 5.21 Å². The highest BCUT2D eigenvalue weighted by Crippen LogP contribution is 2.32. The van der Waals surface area contributed by atoms with Crippen molar-refractivity contribution in [3.8, 4) is 0 Å². The lowest BCUT2D eigenvalue weighted by molar-refractivity contribution is 0.322. The van der Waals surface area contributed by atoms with Crippen LogP contribution < -0.4 is 5.32 Å². The van der Waals surface area contributed by atoms with Gasteiger partial charge in [0.05, 0.1) is 23.0 Å². The zero-order valence-corrected chi connectivity index (χ0v) is 10.4. The first-order valence-electron chi connectivity index (χ1n) is 5.97. The number of hydrogen-bond donors (Lipinski definition) is 2. The van der Waals surface area contributed by atoms with Gasteiger partial charge < -0.3 is 10.5 Å². The van der Waals surface area contributed by atoms with E-state index in [1.54, 1.807) is 10.9 Å². The molecule has 0 unspecified atom stereocenters. The van der Waals surface area contributed by atoms with Gasteiger partial charge in [-0.15, -0.1) is 0 Å². The molecule has 6 nitrogen and oxygen atoms in total. The summed E-state index contributed by atoms with van der Waals surface area (Å²) in [5.74, 6) is 0. The van der Waals surface area contributed by atoms with Crippen molar-refractivity contribution in [3.63, 3.8) is 0 Å². The van der Waals surface area contributed by atoms with Crippen molar-refractivity contribution < 1.29 is 5.21 Å². The van der Waals surface area contributed by atoms with Crippen LogP contribution in [0, 0.1) is 6.92 Å². The third-order valence-corrected chi connectivity index (χ3v) is 3.18. The first-order valence-corrected chi connectivity index (χ1v) is 5.97. The molecule has 2 heterocycles. The number of fused-ring (bicyclic) bond motifs is 1. The summed E-state index contributed by atoms with van der Waals surface area (Å²) in [4.78, 5) is 4.37. The van der Waals surface area contributed by atoms with E-state index < -0.39 is 0 Å². The molecule has 18 heavy (non-hydrogen) atoms. The highest BCUT2D eigenvalue weighted by atomic mass is 16.4. The lowest BCUT2D eigenvalue weighted by Gasteiger charge is -2.09. The Balaban J connectivity index is 2.24. The van der Waals surface area contributed by atoms with Crippen LogP contribution in [-0.2, 0) is 7.05 Å². The maximum atomic E-state index is 8.73. The van der Waals surface area contributed by atoms with Gasteiger partial charge in [-0.3, -0.25) is 4.68 Å². The Morgan fingerprint density at radius 1 is 1.56 bits per heavy atom. The largest absolute Gasteiger partial charge is 0.411 e. The molecule has 2 aromatic rings. The molecular weight excluding hydrogens is 230 g/mol. The Bertz CT molecular complexity index is 627. The number of rotatable bonds is 3.